The smallest absolute Gasteiger partial charge is 0.273 e. The minimum atomic E-state index is -0.473. The Bertz CT molecular complexity index is 466. The highest BCUT2D eigenvalue weighted by molar-refractivity contribution is 5.96. The molecule has 0 atom stereocenters. The molecule has 0 aromatic heterocycles. The molecule has 1 rings (SSSR count). The molecule has 0 fully saturated rings. The average molecular weight is 288 g/mol. The van der Waals surface area contributed by atoms with Crippen molar-refractivity contribution in [2.75, 3.05) is 27.2 Å². The van der Waals surface area contributed by atoms with Gasteiger partial charge in [-0.05, 0) is 20.0 Å². The van der Waals surface area contributed by atoms with Gasteiger partial charge in [0.1, 0.15) is 0 Å². The van der Waals surface area contributed by atoms with Gasteiger partial charge in [0.25, 0.3) is 11.6 Å². The zero-order valence-electron chi connectivity index (χ0n) is 11.2. The van der Waals surface area contributed by atoms with Gasteiger partial charge in [0, 0.05) is 37.3 Å². The van der Waals surface area contributed by atoms with Crippen LogP contribution in [0.5, 0.6) is 0 Å². The predicted molar refractivity (Wildman–Crippen MR) is 76.0 cm³/mol. The quantitative estimate of drug-likeness (QED) is 0.659. The van der Waals surface area contributed by atoms with Crippen LogP contribution >= 0.6 is 12.4 Å². The number of carbonyl (C=O) groups is 1. The Kier molecular flexibility index (Phi) is 7.03. The summed E-state index contributed by atoms with van der Waals surface area (Å²) in [6, 6.07) is 4.55. The van der Waals surface area contributed by atoms with Crippen LogP contribution < -0.4 is 5.32 Å². The van der Waals surface area contributed by atoms with Crippen LogP contribution in [0.4, 0.5) is 5.69 Å². The average Bonchev–Trinajstić information content (AvgIpc) is 2.35. The second-order valence-corrected chi connectivity index (χ2v) is 4.04. The zero-order chi connectivity index (χ0) is 13.7. The van der Waals surface area contributed by atoms with Gasteiger partial charge >= 0.3 is 0 Å². The minimum absolute atomic E-state index is 0. The number of amides is 1. The molecule has 0 radical (unpaired) electrons. The van der Waals surface area contributed by atoms with Crippen LogP contribution in [0.25, 0.3) is 0 Å². The molecule has 0 aliphatic carbocycles. The minimum Gasteiger partial charge on any atom is -0.340 e. The molecule has 0 unspecified atom stereocenters. The first-order chi connectivity index (χ1) is 8.49. The van der Waals surface area contributed by atoms with E-state index in [1.54, 1.807) is 32.0 Å². The van der Waals surface area contributed by atoms with Crippen molar-refractivity contribution >= 4 is 24.0 Å². The summed E-state index contributed by atoms with van der Waals surface area (Å²) in [5.41, 5.74) is 0.759. The summed E-state index contributed by atoms with van der Waals surface area (Å²) in [4.78, 5) is 24.0. The molecule has 1 amide bonds. The molecule has 106 valence electrons. The lowest BCUT2D eigenvalue weighted by molar-refractivity contribution is -0.385. The number of rotatable bonds is 5. The van der Waals surface area contributed by atoms with Crippen molar-refractivity contribution in [1.82, 2.24) is 10.2 Å². The molecule has 1 aromatic carbocycles. The van der Waals surface area contributed by atoms with Crippen LogP contribution in [-0.2, 0) is 0 Å². The number of benzene rings is 1. The van der Waals surface area contributed by atoms with E-state index < -0.39 is 4.92 Å². The van der Waals surface area contributed by atoms with Gasteiger partial charge in [0.15, 0.2) is 0 Å². The summed E-state index contributed by atoms with van der Waals surface area (Å²) in [6.07, 6.45) is 0. The maximum Gasteiger partial charge on any atom is 0.273 e. The van der Waals surface area contributed by atoms with Gasteiger partial charge < -0.3 is 10.2 Å². The van der Waals surface area contributed by atoms with E-state index in [-0.39, 0.29) is 24.0 Å². The van der Waals surface area contributed by atoms with E-state index in [0.717, 1.165) is 0 Å². The van der Waals surface area contributed by atoms with E-state index in [4.69, 9.17) is 0 Å². The maximum absolute atomic E-state index is 12.1. The molecular weight excluding hydrogens is 270 g/mol. The molecule has 0 aliphatic rings. The molecule has 19 heavy (non-hydrogen) atoms. The summed E-state index contributed by atoms with van der Waals surface area (Å²) in [5.74, 6) is -0.202. The highest BCUT2D eigenvalue weighted by atomic mass is 35.5. The molecule has 0 heterocycles. The lowest BCUT2D eigenvalue weighted by Gasteiger charge is -2.17. The van der Waals surface area contributed by atoms with Gasteiger partial charge in [-0.3, -0.25) is 14.9 Å². The summed E-state index contributed by atoms with van der Waals surface area (Å²) < 4.78 is 0. The molecule has 1 aromatic rings. The van der Waals surface area contributed by atoms with Gasteiger partial charge in [0.05, 0.1) is 4.92 Å². The number of halogens is 1. The van der Waals surface area contributed by atoms with Gasteiger partial charge in [-0.25, -0.2) is 0 Å². The van der Waals surface area contributed by atoms with Crippen molar-refractivity contribution in [2.45, 2.75) is 6.92 Å². The van der Waals surface area contributed by atoms with Crippen LogP contribution in [-0.4, -0.2) is 42.9 Å². The fourth-order valence-electron chi connectivity index (χ4n) is 1.64. The SMILES string of the molecule is CNCCN(C)C(=O)c1cccc([N+](=O)[O-])c1C.Cl. The van der Waals surface area contributed by atoms with Crippen molar-refractivity contribution in [1.29, 1.82) is 0 Å². The lowest BCUT2D eigenvalue weighted by atomic mass is 10.1. The molecule has 0 bridgehead atoms. The van der Waals surface area contributed by atoms with E-state index in [0.29, 0.717) is 24.2 Å². The van der Waals surface area contributed by atoms with Gasteiger partial charge in [-0.15, -0.1) is 12.4 Å². The first kappa shape index (κ1) is 17.3. The van der Waals surface area contributed by atoms with Gasteiger partial charge in [-0.1, -0.05) is 6.07 Å². The number of nitro groups is 1. The number of hydrogen-bond acceptors (Lipinski definition) is 4. The van der Waals surface area contributed by atoms with Crippen molar-refractivity contribution in [2.24, 2.45) is 0 Å². The van der Waals surface area contributed by atoms with Crippen LogP contribution in [0.15, 0.2) is 18.2 Å². The van der Waals surface area contributed by atoms with Gasteiger partial charge in [0.2, 0.25) is 0 Å². The van der Waals surface area contributed by atoms with Crippen LogP contribution in [0.2, 0.25) is 0 Å². The van der Waals surface area contributed by atoms with Crippen molar-refractivity contribution in [3.8, 4) is 0 Å². The summed E-state index contributed by atoms with van der Waals surface area (Å²) in [6.45, 7) is 2.82. The second-order valence-electron chi connectivity index (χ2n) is 4.04. The Hall–Kier alpha value is -1.66. The molecular formula is C12H18ClN3O3. The molecule has 0 aliphatic heterocycles. The largest absolute Gasteiger partial charge is 0.340 e. The molecule has 0 spiro atoms. The Labute approximate surface area is 118 Å². The highest BCUT2D eigenvalue weighted by Crippen LogP contribution is 2.21. The molecule has 0 saturated heterocycles. The van der Waals surface area contributed by atoms with Crippen LogP contribution in [0.1, 0.15) is 15.9 Å². The molecule has 7 heteroatoms. The Morgan fingerprint density at radius 3 is 2.63 bits per heavy atom. The van der Waals surface area contributed by atoms with E-state index in [2.05, 4.69) is 5.32 Å². The lowest BCUT2D eigenvalue weighted by Crippen LogP contribution is -2.33. The number of hydrogen-bond donors (Lipinski definition) is 1. The molecule has 0 saturated carbocycles. The number of nitro benzene ring substituents is 1. The third-order valence-corrected chi connectivity index (χ3v) is 2.78. The number of carbonyl (C=O) groups excluding carboxylic acids is 1. The summed E-state index contributed by atoms with van der Waals surface area (Å²) in [5, 5.41) is 13.8. The second kappa shape index (κ2) is 7.70. The number of likely N-dealkylation sites (N-methyl/N-ethyl adjacent to an activating group) is 2. The highest BCUT2D eigenvalue weighted by Gasteiger charge is 2.19. The Morgan fingerprint density at radius 1 is 1.47 bits per heavy atom. The van der Waals surface area contributed by atoms with E-state index >= 15 is 0 Å². The number of nitrogens with one attached hydrogen (secondary N) is 1. The van der Waals surface area contributed by atoms with E-state index in [1.165, 1.54) is 12.1 Å². The maximum atomic E-state index is 12.1. The van der Waals surface area contributed by atoms with Crippen LogP contribution in [0, 0.1) is 17.0 Å². The van der Waals surface area contributed by atoms with E-state index in [9.17, 15) is 14.9 Å². The normalized spacial score (nSPS) is 9.63. The summed E-state index contributed by atoms with van der Waals surface area (Å²) in [7, 11) is 3.48. The Balaban J connectivity index is 0.00000324. The van der Waals surface area contributed by atoms with Crippen molar-refractivity contribution < 1.29 is 9.72 Å². The third kappa shape index (κ3) is 4.18. The molecule has 1 N–H and O–H groups in total. The topological polar surface area (TPSA) is 75.5 Å². The monoisotopic (exact) mass is 287 g/mol. The first-order valence-corrected chi connectivity index (χ1v) is 5.63. The van der Waals surface area contributed by atoms with Crippen LogP contribution in [0.3, 0.4) is 0 Å². The summed E-state index contributed by atoms with van der Waals surface area (Å²) >= 11 is 0. The standard InChI is InChI=1S/C12H17N3O3.ClH/c1-9-10(5-4-6-11(9)15(17)18)12(16)14(3)8-7-13-2;/h4-6,13H,7-8H2,1-3H3;1H. The fourth-order valence-corrected chi connectivity index (χ4v) is 1.64. The number of nitrogens with zero attached hydrogens (tertiary/aromatic N) is 2. The van der Waals surface area contributed by atoms with Crippen molar-refractivity contribution in [3.63, 3.8) is 0 Å². The first-order valence-electron chi connectivity index (χ1n) is 5.63. The third-order valence-electron chi connectivity index (χ3n) is 2.78. The fraction of sp³-hybridized carbons (Fsp3) is 0.417. The predicted octanol–water partition coefficient (Wildman–Crippen LogP) is 1.62. The van der Waals surface area contributed by atoms with Crippen molar-refractivity contribution in [3.05, 3.63) is 39.4 Å². The Morgan fingerprint density at radius 2 is 2.11 bits per heavy atom. The zero-order valence-corrected chi connectivity index (χ0v) is 12.0. The molecule has 6 nitrogen and oxygen atoms in total. The van der Waals surface area contributed by atoms with E-state index in [1.807, 2.05) is 0 Å². The van der Waals surface area contributed by atoms with Gasteiger partial charge in [-0.2, -0.15) is 0 Å².